The highest BCUT2D eigenvalue weighted by Gasteiger charge is 2.42. The van der Waals surface area contributed by atoms with E-state index >= 15 is 0 Å². The molecule has 0 saturated carbocycles. The molecule has 0 unspecified atom stereocenters. The zero-order valence-corrected chi connectivity index (χ0v) is 29.3. The largest absolute Gasteiger partial charge is 0.309 e. The molecule has 1 aliphatic rings. The summed E-state index contributed by atoms with van der Waals surface area (Å²) >= 11 is 0. The Morgan fingerprint density at radius 3 is 1.57 bits per heavy atom. The molecular weight excluding hydrogens is 647 g/mol. The third kappa shape index (κ3) is 4.16. The Kier molecular flexibility index (Phi) is 6.23. The summed E-state index contributed by atoms with van der Waals surface area (Å²) in [5.74, 6) is 1.88. The Labute approximate surface area is 306 Å². The van der Waals surface area contributed by atoms with Crippen LogP contribution < -0.4 is 0 Å². The zero-order chi connectivity index (χ0) is 35.3. The first-order valence-corrected chi connectivity index (χ1v) is 18.1. The van der Waals surface area contributed by atoms with Crippen LogP contribution in [0.1, 0.15) is 25.0 Å². The molecule has 7 aromatic carbocycles. The van der Waals surface area contributed by atoms with Crippen LogP contribution in [0.2, 0.25) is 0 Å². The average molecular weight is 680 g/mol. The Morgan fingerprint density at radius 2 is 0.943 bits per heavy atom. The van der Waals surface area contributed by atoms with E-state index in [4.69, 9.17) is 15.0 Å². The van der Waals surface area contributed by atoms with Crippen molar-refractivity contribution in [1.29, 1.82) is 0 Å². The van der Waals surface area contributed by atoms with Crippen LogP contribution in [0.5, 0.6) is 0 Å². The fourth-order valence-corrected chi connectivity index (χ4v) is 8.90. The van der Waals surface area contributed by atoms with E-state index in [1.807, 2.05) is 36.4 Å². The van der Waals surface area contributed by atoms with Crippen molar-refractivity contribution < 1.29 is 0 Å². The molecule has 0 fully saturated rings. The second-order valence-corrected chi connectivity index (χ2v) is 14.4. The lowest BCUT2D eigenvalue weighted by Gasteiger charge is -2.24. The first-order valence-electron chi connectivity index (χ1n) is 18.1. The monoisotopic (exact) mass is 679 g/mol. The maximum absolute atomic E-state index is 5.32. The van der Waals surface area contributed by atoms with E-state index in [0.717, 1.165) is 27.8 Å². The van der Waals surface area contributed by atoms with Gasteiger partial charge in [0.25, 0.3) is 0 Å². The summed E-state index contributed by atoms with van der Waals surface area (Å²) in [5, 5.41) is 4.83. The van der Waals surface area contributed by atoms with Crippen LogP contribution in [0, 0.1) is 0 Å². The molecule has 0 N–H and O–H groups in total. The number of aromatic nitrogens is 5. The molecule has 0 spiro atoms. The summed E-state index contributed by atoms with van der Waals surface area (Å²) in [7, 11) is 0. The van der Waals surface area contributed by atoms with Crippen LogP contribution in [-0.2, 0) is 5.41 Å². The van der Waals surface area contributed by atoms with Crippen LogP contribution in [0.3, 0.4) is 0 Å². The van der Waals surface area contributed by atoms with Crippen molar-refractivity contribution in [1.82, 2.24) is 24.1 Å². The Bertz CT molecular complexity index is 3010. The second-order valence-electron chi connectivity index (χ2n) is 14.4. The molecule has 1 aliphatic carbocycles. The highest BCUT2D eigenvalue weighted by Crippen LogP contribution is 2.58. The van der Waals surface area contributed by atoms with Crippen LogP contribution in [0.15, 0.2) is 164 Å². The van der Waals surface area contributed by atoms with E-state index < -0.39 is 0 Å². The van der Waals surface area contributed by atoms with Crippen molar-refractivity contribution in [2.45, 2.75) is 19.3 Å². The maximum Gasteiger partial charge on any atom is 0.238 e. The fourth-order valence-electron chi connectivity index (χ4n) is 8.90. The van der Waals surface area contributed by atoms with Crippen LogP contribution in [0.25, 0.3) is 89.2 Å². The van der Waals surface area contributed by atoms with Crippen molar-refractivity contribution in [3.05, 3.63) is 175 Å². The van der Waals surface area contributed by atoms with Gasteiger partial charge in [0.2, 0.25) is 5.95 Å². The number of fused-ring (bicyclic) bond motifs is 12. The van der Waals surface area contributed by atoms with Gasteiger partial charge in [0.1, 0.15) is 0 Å². The molecule has 250 valence electrons. The van der Waals surface area contributed by atoms with E-state index in [2.05, 4.69) is 150 Å². The first kappa shape index (κ1) is 29.8. The van der Waals surface area contributed by atoms with Gasteiger partial charge in [-0.25, -0.2) is 4.98 Å². The summed E-state index contributed by atoms with van der Waals surface area (Å²) in [5.41, 5.74) is 12.4. The summed E-state index contributed by atoms with van der Waals surface area (Å²) in [6, 6.07) is 57.8. The average Bonchev–Trinajstić information content (AvgIpc) is 3.82. The number of rotatable bonds is 4. The molecule has 0 saturated heterocycles. The molecule has 0 bridgehead atoms. The van der Waals surface area contributed by atoms with E-state index in [1.54, 1.807) is 0 Å². The molecule has 53 heavy (non-hydrogen) atoms. The van der Waals surface area contributed by atoms with E-state index in [9.17, 15) is 0 Å². The van der Waals surface area contributed by atoms with Crippen molar-refractivity contribution in [2.75, 3.05) is 0 Å². The normalized spacial score (nSPS) is 13.2. The van der Waals surface area contributed by atoms with Gasteiger partial charge in [-0.3, -0.25) is 4.57 Å². The lowest BCUT2D eigenvalue weighted by molar-refractivity contribution is 0.663. The zero-order valence-electron chi connectivity index (χ0n) is 29.3. The maximum atomic E-state index is 5.32. The van der Waals surface area contributed by atoms with Gasteiger partial charge in [-0.15, -0.1) is 0 Å². The predicted octanol–water partition coefficient (Wildman–Crippen LogP) is 11.7. The van der Waals surface area contributed by atoms with Gasteiger partial charge in [0.15, 0.2) is 11.6 Å². The molecule has 0 amide bonds. The molecule has 0 aliphatic heterocycles. The minimum Gasteiger partial charge on any atom is -0.309 e. The van der Waals surface area contributed by atoms with E-state index in [1.165, 1.54) is 54.8 Å². The topological polar surface area (TPSA) is 48.5 Å². The number of hydrogen-bond donors (Lipinski definition) is 0. The number of hydrogen-bond acceptors (Lipinski definition) is 3. The van der Waals surface area contributed by atoms with Gasteiger partial charge in [0, 0.05) is 49.3 Å². The Hall–Kier alpha value is -6.85. The third-order valence-electron chi connectivity index (χ3n) is 11.1. The number of benzene rings is 7. The SMILES string of the molecule is CC1(C)c2ccccc2-c2c1c1c(c3ccccc3n1-c1nc(-c3ccccc3)nc(-c3ccccc3)n1)c1c3ccccc3n(-c3ccccc3)c21. The number of nitrogens with zero attached hydrogens (tertiary/aromatic N) is 5. The highest BCUT2D eigenvalue weighted by molar-refractivity contribution is 6.33. The fraction of sp³-hybridized carbons (Fsp3) is 0.0625. The lowest BCUT2D eigenvalue weighted by Crippen LogP contribution is -2.17. The minimum absolute atomic E-state index is 0.333. The number of para-hydroxylation sites is 3. The predicted molar refractivity (Wildman–Crippen MR) is 217 cm³/mol. The van der Waals surface area contributed by atoms with E-state index in [0.29, 0.717) is 17.6 Å². The molecule has 5 nitrogen and oxygen atoms in total. The van der Waals surface area contributed by atoms with Gasteiger partial charge in [-0.05, 0) is 41.0 Å². The molecule has 0 radical (unpaired) electrons. The van der Waals surface area contributed by atoms with Crippen molar-refractivity contribution >= 4 is 43.6 Å². The molecule has 10 aromatic rings. The van der Waals surface area contributed by atoms with Gasteiger partial charge in [-0.2, -0.15) is 9.97 Å². The quantitative estimate of drug-likeness (QED) is 0.186. The van der Waals surface area contributed by atoms with Crippen molar-refractivity contribution in [2.24, 2.45) is 0 Å². The summed E-state index contributed by atoms with van der Waals surface area (Å²) < 4.78 is 4.81. The second kappa shape index (κ2) is 11.1. The lowest BCUT2D eigenvalue weighted by atomic mass is 9.81. The molecule has 3 heterocycles. The molecule has 11 rings (SSSR count). The summed E-state index contributed by atoms with van der Waals surface area (Å²) in [6.45, 7) is 4.75. The van der Waals surface area contributed by atoms with Crippen LogP contribution in [-0.4, -0.2) is 24.1 Å². The van der Waals surface area contributed by atoms with Gasteiger partial charge in [-0.1, -0.05) is 153 Å². The Balaban J connectivity index is 1.40. The highest BCUT2D eigenvalue weighted by atomic mass is 15.2. The van der Waals surface area contributed by atoms with E-state index in [-0.39, 0.29) is 5.41 Å². The summed E-state index contributed by atoms with van der Waals surface area (Å²) in [6.07, 6.45) is 0. The van der Waals surface area contributed by atoms with Crippen molar-refractivity contribution in [3.8, 4) is 45.5 Å². The Morgan fingerprint density at radius 1 is 0.453 bits per heavy atom. The third-order valence-corrected chi connectivity index (χ3v) is 11.1. The molecular formula is C48H33N5. The molecule has 5 heteroatoms. The molecule has 0 atom stereocenters. The van der Waals surface area contributed by atoms with Gasteiger partial charge >= 0.3 is 0 Å². The molecule has 3 aromatic heterocycles. The van der Waals surface area contributed by atoms with Crippen molar-refractivity contribution in [3.63, 3.8) is 0 Å². The smallest absolute Gasteiger partial charge is 0.238 e. The summed E-state index contributed by atoms with van der Waals surface area (Å²) in [4.78, 5) is 15.7. The van der Waals surface area contributed by atoms with Crippen LogP contribution >= 0.6 is 0 Å². The van der Waals surface area contributed by atoms with Gasteiger partial charge in [0.05, 0.1) is 22.1 Å². The minimum atomic E-state index is -0.333. The first-order chi connectivity index (χ1) is 26.1. The van der Waals surface area contributed by atoms with Gasteiger partial charge < -0.3 is 4.57 Å². The van der Waals surface area contributed by atoms with Crippen LogP contribution in [0.4, 0.5) is 0 Å². The standard InChI is InChI=1S/C48H33N5/c1-48(2)36-27-15-12-24-33(36)41-42(48)44-40(39-34-25-13-16-28-37(34)52(43(39)41)32-22-10-5-11-23-32)35-26-14-17-29-38(35)53(44)47-50-45(30-18-6-3-7-19-30)49-46(51-47)31-20-8-4-9-21-31/h3-29H,1-2H3.